The van der Waals surface area contributed by atoms with Crippen LogP contribution in [0.4, 0.5) is 0 Å². The molecule has 2 heteroatoms. The molecule has 14 heavy (non-hydrogen) atoms. The van der Waals surface area contributed by atoms with Crippen LogP contribution in [0.1, 0.15) is 39.0 Å². The molecule has 0 saturated carbocycles. The van der Waals surface area contributed by atoms with Gasteiger partial charge in [-0.15, -0.1) is 0 Å². The normalized spacial score (nSPS) is 39.3. The summed E-state index contributed by atoms with van der Waals surface area (Å²) in [6, 6.07) is 1.08. The Labute approximate surface area is 86.9 Å². The molecule has 0 aromatic heterocycles. The number of piperidine rings is 1. The van der Waals surface area contributed by atoms with Gasteiger partial charge in [-0.05, 0) is 44.6 Å². The van der Waals surface area contributed by atoms with Crippen molar-refractivity contribution in [1.82, 2.24) is 5.32 Å². The molecule has 2 nitrogen and oxygen atoms in total. The summed E-state index contributed by atoms with van der Waals surface area (Å²) in [5.41, 5.74) is 7.51. The minimum absolute atomic E-state index is 0.416. The van der Waals surface area contributed by atoms with Crippen LogP contribution in [0.5, 0.6) is 0 Å². The van der Waals surface area contributed by atoms with Crippen molar-refractivity contribution in [2.24, 2.45) is 11.7 Å². The van der Waals surface area contributed by atoms with Gasteiger partial charge in [-0.3, -0.25) is 0 Å². The molecule has 0 bridgehead atoms. The zero-order valence-corrected chi connectivity index (χ0v) is 9.13. The first-order valence-electron chi connectivity index (χ1n) is 5.93. The van der Waals surface area contributed by atoms with Gasteiger partial charge in [-0.25, -0.2) is 0 Å². The Morgan fingerprint density at radius 1 is 1.43 bits per heavy atom. The molecule has 0 spiro atoms. The topological polar surface area (TPSA) is 38.0 Å². The summed E-state index contributed by atoms with van der Waals surface area (Å²) in [6.45, 7) is 3.55. The van der Waals surface area contributed by atoms with Crippen LogP contribution in [0.3, 0.4) is 0 Å². The van der Waals surface area contributed by atoms with E-state index in [0.717, 1.165) is 12.3 Å². The molecule has 1 saturated heterocycles. The Balaban J connectivity index is 1.94. The van der Waals surface area contributed by atoms with E-state index in [4.69, 9.17) is 5.73 Å². The second kappa shape index (κ2) is 4.45. The lowest BCUT2D eigenvalue weighted by Crippen LogP contribution is -2.40. The summed E-state index contributed by atoms with van der Waals surface area (Å²) in [6.07, 6.45) is 8.51. The average molecular weight is 194 g/mol. The molecule has 3 unspecified atom stereocenters. The summed E-state index contributed by atoms with van der Waals surface area (Å²) in [5.74, 6) is 0.887. The molecule has 2 rings (SSSR count). The highest BCUT2D eigenvalue weighted by Crippen LogP contribution is 2.26. The number of nitrogens with one attached hydrogen (secondary N) is 1. The molecule has 2 aliphatic rings. The second-order valence-electron chi connectivity index (χ2n) is 4.95. The minimum Gasteiger partial charge on any atom is -0.327 e. The van der Waals surface area contributed by atoms with E-state index in [9.17, 15) is 0 Å². The Morgan fingerprint density at radius 3 is 2.93 bits per heavy atom. The third kappa shape index (κ3) is 2.37. The van der Waals surface area contributed by atoms with Gasteiger partial charge in [-0.2, -0.15) is 0 Å². The number of hydrogen-bond donors (Lipinski definition) is 2. The van der Waals surface area contributed by atoms with Crippen molar-refractivity contribution in [3.8, 4) is 0 Å². The molecule has 0 aromatic carbocycles. The lowest BCUT2D eigenvalue weighted by molar-refractivity contribution is 0.337. The lowest BCUT2D eigenvalue weighted by Gasteiger charge is -2.32. The third-order valence-electron chi connectivity index (χ3n) is 3.60. The van der Waals surface area contributed by atoms with Crippen LogP contribution >= 0.6 is 0 Å². The molecule has 1 fully saturated rings. The highest BCUT2D eigenvalue weighted by molar-refractivity contribution is 5.15. The minimum atomic E-state index is 0.416. The zero-order chi connectivity index (χ0) is 9.97. The number of nitrogens with two attached hydrogens (primary N) is 1. The summed E-state index contributed by atoms with van der Waals surface area (Å²) in [5, 5.41) is 3.62. The summed E-state index contributed by atoms with van der Waals surface area (Å²) >= 11 is 0. The quantitative estimate of drug-likeness (QED) is 0.625. The zero-order valence-electron chi connectivity index (χ0n) is 9.13. The Kier molecular flexibility index (Phi) is 3.24. The van der Waals surface area contributed by atoms with Gasteiger partial charge in [0.1, 0.15) is 0 Å². The van der Waals surface area contributed by atoms with E-state index in [1.165, 1.54) is 32.2 Å². The van der Waals surface area contributed by atoms with Crippen LogP contribution in [-0.4, -0.2) is 18.6 Å². The van der Waals surface area contributed by atoms with Crippen LogP contribution in [0, 0.1) is 5.92 Å². The van der Waals surface area contributed by atoms with Crippen molar-refractivity contribution >= 4 is 0 Å². The van der Waals surface area contributed by atoms with Crippen molar-refractivity contribution < 1.29 is 0 Å². The first-order chi connectivity index (χ1) is 6.75. The van der Waals surface area contributed by atoms with Gasteiger partial charge in [-0.1, -0.05) is 18.6 Å². The van der Waals surface area contributed by atoms with E-state index in [0.29, 0.717) is 12.1 Å². The third-order valence-corrected chi connectivity index (χ3v) is 3.60. The van der Waals surface area contributed by atoms with Gasteiger partial charge in [0, 0.05) is 12.1 Å². The van der Waals surface area contributed by atoms with Crippen LogP contribution in [-0.2, 0) is 0 Å². The molecule has 1 aliphatic heterocycles. The summed E-state index contributed by atoms with van der Waals surface area (Å²) < 4.78 is 0. The second-order valence-corrected chi connectivity index (χ2v) is 4.95. The van der Waals surface area contributed by atoms with Crippen molar-refractivity contribution in [2.75, 3.05) is 6.54 Å². The maximum atomic E-state index is 5.89. The molecular formula is C12H22N2. The monoisotopic (exact) mass is 194 g/mol. The predicted molar refractivity (Wildman–Crippen MR) is 60.1 cm³/mol. The maximum absolute atomic E-state index is 5.89. The largest absolute Gasteiger partial charge is 0.327 e. The highest BCUT2D eigenvalue weighted by Gasteiger charge is 2.23. The molecule has 0 aromatic rings. The Morgan fingerprint density at radius 2 is 2.29 bits per heavy atom. The fourth-order valence-corrected chi connectivity index (χ4v) is 2.58. The van der Waals surface area contributed by atoms with E-state index < -0.39 is 0 Å². The van der Waals surface area contributed by atoms with Crippen molar-refractivity contribution in [3.63, 3.8) is 0 Å². The average Bonchev–Trinajstić information content (AvgIpc) is 2.19. The lowest BCUT2D eigenvalue weighted by atomic mass is 9.84. The van der Waals surface area contributed by atoms with E-state index >= 15 is 0 Å². The first kappa shape index (κ1) is 10.2. The highest BCUT2D eigenvalue weighted by atomic mass is 14.9. The number of rotatable bonds is 1. The standard InChI is InChI=1S/C12H22N2/c1-9-6-7-14-12(8-9)10-2-4-11(13)5-3-10/h2,9,11-12,14H,3-8,13H2,1H3. The van der Waals surface area contributed by atoms with E-state index in [1.54, 1.807) is 5.57 Å². The fraction of sp³-hybridized carbons (Fsp3) is 0.833. The van der Waals surface area contributed by atoms with Gasteiger partial charge in [0.25, 0.3) is 0 Å². The maximum Gasteiger partial charge on any atom is 0.0281 e. The van der Waals surface area contributed by atoms with Gasteiger partial charge in [0.05, 0.1) is 0 Å². The van der Waals surface area contributed by atoms with Crippen LogP contribution in [0.25, 0.3) is 0 Å². The van der Waals surface area contributed by atoms with E-state index in [2.05, 4.69) is 18.3 Å². The number of hydrogen-bond acceptors (Lipinski definition) is 2. The molecule has 80 valence electrons. The molecular weight excluding hydrogens is 172 g/mol. The van der Waals surface area contributed by atoms with Gasteiger partial charge in [0.2, 0.25) is 0 Å². The first-order valence-corrected chi connectivity index (χ1v) is 5.93. The molecule has 1 heterocycles. The Bertz CT molecular complexity index is 222. The van der Waals surface area contributed by atoms with Gasteiger partial charge < -0.3 is 11.1 Å². The molecule has 3 N–H and O–H groups in total. The van der Waals surface area contributed by atoms with Crippen LogP contribution < -0.4 is 11.1 Å². The van der Waals surface area contributed by atoms with Crippen molar-refractivity contribution in [1.29, 1.82) is 0 Å². The Hall–Kier alpha value is -0.340. The smallest absolute Gasteiger partial charge is 0.0281 e. The van der Waals surface area contributed by atoms with Crippen molar-refractivity contribution in [2.45, 2.75) is 51.1 Å². The van der Waals surface area contributed by atoms with Crippen molar-refractivity contribution in [3.05, 3.63) is 11.6 Å². The van der Waals surface area contributed by atoms with E-state index in [-0.39, 0.29) is 0 Å². The fourth-order valence-electron chi connectivity index (χ4n) is 2.58. The molecule has 0 amide bonds. The molecule has 1 aliphatic carbocycles. The summed E-state index contributed by atoms with van der Waals surface area (Å²) in [4.78, 5) is 0. The van der Waals surface area contributed by atoms with Crippen LogP contribution in [0.15, 0.2) is 11.6 Å². The molecule has 3 atom stereocenters. The van der Waals surface area contributed by atoms with Gasteiger partial charge in [0.15, 0.2) is 0 Å². The SMILES string of the molecule is CC1CCNC(C2=CCC(N)CC2)C1. The predicted octanol–water partition coefficient (Wildman–Crippen LogP) is 1.81. The van der Waals surface area contributed by atoms with E-state index in [1.807, 2.05) is 0 Å². The molecule has 0 radical (unpaired) electrons. The van der Waals surface area contributed by atoms with Gasteiger partial charge >= 0.3 is 0 Å². The summed E-state index contributed by atoms with van der Waals surface area (Å²) in [7, 11) is 0. The van der Waals surface area contributed by atoms with Crippen LogP contribution in [0.2, 0.25) is 0 Å².